The molecule has 0 saturated carbocycles. The first-order valence-electron chi connectivity index (χ1n) is 10.3. The molecule has 6 nitrogen and oxygen atoms in total. The number of nitrogens with zero attached hydrogens (tertiary/aromatic N) is 4. The van der Waals surface area contributed by atoms with Gasteiger partial charge < -0.3 is 14.4 Å². The first kappa shape index (κ1) is 21.9. The average Bonchev–Trinajstić information content (AvgIpc) is 3.11. The van der Waals surface area contributed by atoms with Crippen LogP contribution in [0, 0.1) is 5.82 Å². The summed E-state index contributed by atoms with van der Waals surface area (Å²) in [6.07, 6.45) is 6.86. The standard InChI is InChI=1S/C23H28FN5OS/c1-22(2)12-17(13-23(3,4)28-22)29-14-26-19(15-6-8-16(24)9-7-15)20(29)21-25-11-10-18(27-21)31(5)30/h6-11,14,17,28H,12-13H2,1-5H3. The Balaban J connectivity index is 1.88. The molecule has 1 unspecified atom stereocenters. The van der Waals surface area contributed by atoms with Crippen LogP contribution in [0.4, 0.5) is 4.39 Å². The molecule has 1 aromatic carbocycles. The summed E-state index contributed by atoms with van der Waals surface area (Å²) in [6, 6.07) is 8.10. The monoisotopic (exact) mass is 441 g/mol. The second-order valence-electron chi connectivity index (χ2n) is 9.48. The Morgan fingerprint density at radius 2 is 1.71 bits per heavy atom. The molecule has 0 amide bonds. The minimum absolute atomic E-state index is 0.0579. The molecule has 0 bridgehead atoms. The number of benzene rings is 1. The van der Waals surface area contributed by atoms with Gasteiger partial charge in [0.1, 0.15) is 17.8 Å². The SMILES string of the molecule is C[S+]([O-])c1ccnc(-c2c(-c3ccc(F)cc3)ncn2C2CC(C)(C)NC(C)(C)C2)n1. The molecule has 1 atom stereocenters. The fourth-order valence-electron chi connectivity index (χ4n) is 4.76. The van der Waals surface area contributed by atoms with Crippen LogP contribution in [0.5, 0.6) is 0 Å². The maximum Gasteiger partial charge on any atom is 0.247 e. The molecule has 1 aliphatic heterocycles. The van der Waals surface area contributed by atoms with E-state index in [9.17, 15) is 8.94 Å². The Bertz CT molecular complexity index is 1060. The summed E-state index contributed by atoms with van der Waals surface area (Å²) in [5.41, 5.74) is 2.12. The van der Waals surface area contributed by atoms with Gasteiger partial charge in [-0.2, -0.15) is 4.98 Å². The summed E-state index contributed by atoms with van der Waals surface area (Å²) in [7, 11) is 0. The van der Waals surface area contributed by atoms with E-state index in [4.69, 9.17) is 4.98 Å². The van der Waals surface area contributed by atoms with E-state index in [0.717, 1.165) is 24.1 Å². The van der Waals surface area contributed by atoms with Crippen LogP contribution in [0.2, 0.25) is 0 Å². The predicted octanol–water partition coefficient (Wildman–Crippen LogP) is 4.37. The number of aromatic nitrogens is 4. The van der Waals surface area contributed by atoms with Crippen molar-refractivity contribution in [1.82, 2.24) is 24.8 Å². The molecule has 1 saturated heterocycles. The summed E-state index contributed by atoms with van der Waals surface area (Å²) in [6.45, 7) is 8.82. The van der Waals surface area contributed by atoms with E-state index in [1.165, 1.54) is 12.1 Å². The van der Waals surface area contributed by atoms with Crippen LogP contribution in [0.1, 0.15) is 46.6 Å². The maximum absolute atomic E-state index is 13.5. The lowest BCUT2D eigenvalue weighted by atomic mass is 9.79. The van der Waals surface area contributed by atoms with Crippen molar-refractivity contribution >= 4 is 11.2 Å². The molecule has 3 aromatic rings. The van der Waals surface area contributed by atoms with Gasteiger partial charge in [0.25, 0.3) is 0 Å². The van der Waals surface area contributed by atoms with Crippen LogP contribution < -0.4 is 5.32 Å². The third kappa shape index (κ3) is 4.66. The average molecular weight is 442 g/mol. The number of hydrogen-bond donors (Lipinski definition) is 1. The van der Waals surface area contributed by atoms with Gasteiger partial charge in [-0.05, 0) is 64.8 Å². The molecule has 31 heavy (non-hydrogen) atoms. The van der Waals surface area contributed by atoms with Crippen molar-refractivity contribution in [1.29, 1.82) is 0 Å². The molecule has 8 heteroatoms. The predicted molar refractivity (Wildman–Crippen MR) is 121 cm³/mol. The zero-order valence-corrected chi connectivity index (χ0v) is 19.3. The van der Waals surface area contributed by atoms with E-state index in [0.29, 0.717) is 16.5 Å². The van der Waals surface area contributed by atoms with E-state index in [1.54, 1.807) is 30.7 Å². The first-order chi connectivity index (χ1) is 14.5. The normalized spacial score (nSPS) is 19.3. The minimum Gasteiger partial charge on any atom is -0.610 e. The van der Waals surface area contributed by atoms with Crippen LogP contribution in [-0.2, 0) is 11.2 Å². The summed E-state index contributed by atoms with van der Waals surface area (Å²) in [4.78, 5) is 13.8. The van der Waals surface area contributed by atoms with Gasteiger partial charge in [-0.15, -0.1) is 0 Å². The van der Waals surface area contributed by atoms with E-state index in [-0.39, 0.29) is 22.9 Å². The van der Waals surface area contributed by atoms with Gasteiger partial charge in [-0.1, -0.05) is 0 Å². The number of piperidine rings is 1. The molecule has 2 aromatic heterocycles. The van der Waals surface area contributed by atoms with Crippen LogP contribution in [0.25, 0.3) is 22.8 Å². The molecule has 4 rings (SSSR count). The zero-order chi connectivity index (χ0) is 22.4. The quantitative estimate of drug-likeness (QED) is 0.481. The number of imidazole rings is 1. The number of hydrogen-bond acceptors (Lipinski definition) is 5. The molecule has 1 aliphatic rings. The fourth-order valence-corrected chi connectivity index (χ4v) is 5.23. The Hall–Kier alpha value is -2.29. The van der Waals surface area contributed by atoms with Crippen molar-refractivity contribution in [3.05, 3.63) is 48.7 Å². The van der Waals surface area contributed by atoms with Crippen molar-refractivity contribution < 1.29 is 8.94 Å². The van der Waals surface area contributed by atoms with Crippen LogP contribution in [0.3, 0.4) is 0 Å². The molecule has 1 N–H and O–H groups in total. The van der Waals surface area contributed by atoms with Crippen molar-refractivity contribution in [2.75, 3.05) is 6.26 Å². The molecule has 3 heterocycles. The smallest absolute Gasteiger partial charge is 0.247 e. The summed E-state index contributed by atoms with van der Waals surface area (Å²) in [5.74, 6) is 0.171. The van der Waals surface area contributed by atoms with Gasteiger partial charge in [0.05, 0.1) is 12.0 Å². The summed E-state index contributed by atoms with van der Waals surface area (Å²) >= 11 is -1.23. The molecular formula is C23H28FN5OS. The molecule has 164 valence electrons. The molecule has 0 radical (unpaired) electrons. The Morgan fingerprint density at radius 1 is 1.06 bits per heavy atom. The Labute approximate surface area is 185 Å². The third-order valence-electron chi connectivity index (χ3n) is 5.61. The van der Waals surface area contributed by atoms with Gasteiger partial charge in [0.2, 0.25) is 5.03 Å². The lowest BCUT2D eigenvalue weighted by molar-refractivity contribution is 0.133. The van der Waals surface area contributed by atoms with Gasteiger partial charge in [0.15, 0.2) is 5.82 Å². The topological polar surface area (TPSA) is 78.7 Å². The van der Waals surface area contributed by atoms with E-state index >= 15 is 0 Å². The van der Waals surface area contributed by atoms with Gasteiger partial charge >= 0.3 is 0 Å². The van der Waals surface area contributed by atoms with Gasteiger partial charge in [-0.25, -0.2) is 14.4 Å². The minimum atomic E-state index is -1.23. The second-order valence-corrected chi connectivity index (χ2v) is 10.8. The van der Waals surface area contributed by atoms with Gasteiger partial charge in [-0.3, -0.25) is 0 Å². The Morgan fingerprint density at radius 3 is 2.32 bits per heavy atom. The lowest BCUT2D eigenvalue weighted by Gasteiger charge is -2.47. The maximum atomic E-state index is 13.5. The zero-order valence-electron chi connectivity index (χ0n) is 18.5. The molecular weight excluding hydrogens is 413 g/mol. The summed E-state index contributed by atoms with van der Waals surface area (Å²) < 4.78 is 27.7. The molecule has 1 fully saturated rings. The van der Waals surface area contributed by atoms with Crippen LogP contribution in [-0.4, -0.2) is 41.4 Å². The number of halogens is 1. The van der Waals surface area contributed by atoms with E-state index in [1.807, 2.05) is 6.33 Å². The van der Waals surface area contributed by atoms with Gasteiger partial charge in [0, 0.05) is 46.1 Å². The lowest BCUT2D eigenvalue weighted by Crippen LogP contribution is -2.57. The first-order valence-corrected chi connectivity index (χ1v) is 11.9. The van der Waals surface area contributed by atoms with E-state index in [2.05, 4.69) is 47.5 Å². The third-order valence-corrected chi connectivity index (χ3v) is 6.43. The van der Waals surface area contributed by atoms with Crippen LogP contribution >= 0.6 is 0 Å². The van der Waals surface area contributed by atoms with Crippen molar-refractivity contribution in [2.24, 2.45) is 0 Å². The highest BCUT2D eigenvalue weighted by Gasteiger charge is 2.39. The highest BCUT2D eigenvalue weighted by molar-refractivity contribution is 7.90. The highest BCUT2D eigenvalue weighted by atomic mass is 32.2. The fraction of sp³-hybridized carbons (Fsp3) is 0.435. The second kappa shape index (κ2) is 8.00. The van der Waals surface area contributed by atoms with E-state index < -0.39 is 11.2 Å². The molecule has 0 aliphatic carbocycles. The van der Waals surface area contributed by atoms with Crippen molar-refractivity contribution in [3.63, 3.8) is 0 Å². The molecule has 0 spiro atoms. The number of rotatable bonds is 4. The van der Waals surface area contributed by atoms with Crippen molar-refractivity contribution in [3.8, 4) is 22.8 Å². The summed E-state index contributed by atoms with van der Waals surface area (Å²) in [5, 5.41) is 4.18. The largest absolute Gasteiger partial charge is 0.610 e. The van der Waals surface area contributed by atoms with Crippen molar-refractivity contribution in [2.45, 2.75) is 62.7 Å². The van der Waals surface area contributed by atoms with Crippen LogP contribution in [0.15, 0.2) is 47.9 Å². The highest BCUT2D eigenvalue weighted by Crippen LogP contribution is 2.40. The Kier molecular flexibility index (Phi) is 5.66. The number of nitrogens with one attached hydrogen (secondary N) is 1.